The quantitative estimate of drug-likeness (QED) is 0.220. The zero-order valence-electron chi connectivity index (χ0n) is 17.7. The maximum atomic E-state index is 13.5. The molecule has 1 atom stereocenters. The van der Waals surface area contributed by atoms with E-state index in [-0.39, 0.29) is 34.6 Å². The minimum Gasteiger partial charge on any atom is -0.460 e. The number of hydrogen-bond acceptors (Lipinski definition) is 9. The van der Waals surface area contributed by atoms with Crippen molar-refractivity contribution in [1.82, 2.24) is 4.57 Å². The molecule has 0 bridgehead atoms. The van der Waals surface area contributed by atoms with Gasteiger partial charge in [0.25, 0.3) is 11.2 Å². The van der Waals surface area contributed by atoms with Crippen molar-refractivity contribution in [2.24, 2.45) is 4.99 Å². The predicted molar refractivity (Wildman–Crippen MR) is 124 cm³/mol. The first kappa shape index (κ1) is 22.8. The first-order valence-electron chi connectivity index (χ1n) is 9.87. The van der Waals surface area contributed by atoms with Crippen LogP contribution in [0, 0.1) is 10.1 Å². The average molecular weight is 486 g/mol. The van der Waals surface area contributed by atoms with Crippen molar-refractivity contribution >= 4 is 40.4 Å². The van der Waals surface area contributed by atoms with Gasteiger partial charge in [0.2, 0.25) is 0 Å². The van der Waals surface area contributed by atoms with Crippen LogP contribution in [0.4, 0.5) is 5.69 Å². The number of benzene rings is 1. The molecule has 1 aliphatic rings. The van der Waals surface area contributed by atoms with Gasteiger partial charge in [0.05, 0.1) is 32.9 Å². The number of esters is 1. The second-order valence-electron chi connectivity index (χ2n) is 7.04. The molecule has 3 heterocycles. The van der Waals surface area contributed by atoms with Gasteiger partial charge in [0.1, 0.15) is 12.6 Å². The molecule has 11 heteroatoms. The highest BCUT2D eigenvalue weighted by Gasteiger charge is 2.34. The summed E-state index contributed by atoms with van der Waals surface area (Å²) in [7, 11) is 1.51. The first-order valence-corrected chi connectivity index (χ1v) is 11.6. The lowest BCUT2D eigenvalue weighted by Crippen LogP contribution is -2.39. The molecule has 4 rings (SSSR count). The number of thiazole rings is 1. The van der Waals surface area contributed by atoms with Crippen LogP contribution in [0.1, 0.15) is 23.4 Å². The molecular formula is C22H19N3O6S2. The van der Waals surface area contributed by atoms with Gasteiger partial charge in [-0.15, -0.1) is 11.3 Å². The molecule has 0 aliphatic carbocycles. The summed E-state index contributed by atoms with van der Waals surface area (Å²) in [5, 5.41) is 13.3. The van der Waals surface area contributed by atoms with E-state index in [0.717, 1.165) is 16.2 Å². The summed E-state index contributed by atoms with van der Waals surface area (Å²) < 4.78 is 12.0. The van der Waals surface area contributed by atoms with E-state index in [4.69, 9.17) is 9.47 Å². The highest BCUT2D eigenvalue weighted by atomic mass is 32.1. The number of carbonyl (C=O) groups is 1. The predicted octanol–water partition coefficient (Wildman–Crippen LogP) is 2.39. The van der Waals surface area contributed by atoms with E-state index in [9.17, 15) is 19.7 Å². The van der Waals surface area contributed by atoms with Gasteiger partial charge in [-0.05, 0) is 30.5 Å². The molecule has 3 aromatic rings. The van der Waals surface area contributed by atoms with Crippen molar-refractivity contribution < 1.29 is 19.2 Å². The maximum absolute atomic E-state index is 13.5. The van der Waals surface area contributed by atoms with Crippen molar-refractivity contribution in [1.29, 1.82) is 0 Å². The van der Waals surface area contributed by atoms with Crippen molar-refractivity contribution in [3.63, 3.8) is 0 Å². The molecule has 170 valence electrons. The fraction of sp³-hybridized carbons (Fsp3) is 0.227. The Hall–Kier alpha value is -3.41. The summed E-state index contributed by atoms with van der Waals surface area (Å²) in [6.07, 6.45) is 1.49. The van der Waals surface area contributed by atoms with E-state index in [1.807, 2.05) is 17.5 Å². The van der Waals surface area contributed by atoms with Crippen molar-refractivity contribution in [3.05, 3.63) is 93.3 Å². The van der Waals surface area contributed by atoms with Crippen LogP contribution in [-0.2, 0) is 14.3 Å². The second-order valence-corrected chi connectivity index (χ2v) is 9.03. The molecule has 1 aromatic carbocycles. The number of hydrogen-bond donors (Lipinski definition) is 0. The van der Waals surface area contributed by atoms with Crippen LogP contribution in [0.15, 0.2) is 62.8 Å². The van der Waals surface area contributed by atoms with Crippen molar-refractivity contribution in [2.75, 3.05) is 20.3 Å². The van der Waals surface area contributed by atoms with Crippen LogP contribution < -0.4 is 14.9 Å². The molecule has 0 unspecified atom stereocenters. The summed E-state index contributed by atoms with van der Waals surface area (Å²) in [5.74, 6) is -0.570. The van der Waals surface area contributed by atoms with E-state index in [1.54, 1.807) is 25.1 Å². The van der Waals surface area contributed by atoms with Gasteiger partial charge in [-0.3, -0.25) is 19.5 Å². The Morgan fingerprint density at radius 3 is 2.76 bits per heavy atom. The third kappa shape index (κ3) is 4.42. The fourth-order valence-electron chi connectivity index (χ4n) is 3.51. The number of methoxy groups -OCH3 is 1. The summed E-state index contributed by atoms with van der Waals surface area (Å²) >= 11 is 2.53. The number of rotatable bonds is 7. The molecule has 0 radical (unpaired) electrons. The monoisotopic (exact) mass is 485 g/mol. The number of nitrogens with zero attached hydrogens (tertiary/aromatic N) is 3. The Morgan fingerprint density at radius 2 is 2.06 bits per heavy atom. The Morgan fingerprint density at radius 1 is 1.27 bits per heavy atom. The summed E-state index contributed by atoms with van der Waals surface area (Å²) in [4.78, 5) is 43.0. The van der Waals surface area contributed by atoms with Gasteiger partial charge in [-0.25, -0.2) is 9.79 Å². The van der Waals surface area contributed by atoms with Crippen LogP contribution >= 0.6 is 22.7 Å². The lowest BCUT2D eigenvalue weighted by Gasteiger charge is -2.23. The van der Waals surface area contributed by atoms with Gasteiger partial charge >= 0.3 is 5.97 Å². The lowest BCUT2D eigenvalue weighted by molar-refractivity contribution is -0.385. The highest BCUT2D eigenvalue weighted by molar-refractivity contribution is 7.10. The third-order valence-electron chi connectivity index (χ3n) is 4.99. The van der Waals surface area contributed by atoms with Gasteiger partial charge in [0, 0.05) is 18.1 Å². The normalized spacial score (nSPS) is 15.8. The molecule has 0 amide bonds. The lowest BCUT2D eigenvalue weighted by atomic mass is 10.0. The molecule has 0 N–H and O–H groups in total. The number of aromatic nitrogens is 1. The standard InChI is InChI=1S/C22H19N3O6S2/c1-13-18(21(27)31-10-9-30-2)19(16-8-5-11-32-16)24-20(26)17(33-22(24)23-13)12-14-6-3-4-7-15(14)25(28)29/h3-8,11-12,19H,9-10H2,1-2H3/b17-12-/t19-/m0/s1. The molecule has 0 saturated carbocycles. The SMILES string of the molecule is COCCOC(=O)C1=C(C)N=c2s/c(=C\c3ccccc3[N+](=O)[O-])c(=O)n2[C@H]1c1cccs1. The van der Waals surface area contributed by atoms with Crippen LogP contribution in [0.25, 0.3) is 6.08 Å². The molecule has 1 aliphatic heterocycles. The Balaban J connectivity index is 1.88. The van der Waals surface area contributed by atoms with Gasteiger partial charge < -0.3 is 9.47 Å². The number of fused-ring (bicyclic) bond motifs is 1. The number of carbonyl (C=O) groups excluding carboxylic acids is 1. The maximum Gasteiger partial charge on any atom is 0.338 e. The number of ether oxygens (including phenoxy) is 2. The number of nitro benzene ring substituents is 1. The smallest absolute Gasteiger partial charge is 0.338 e. The molecule has 0 spiro atoms. The van der Waals surface area contributed by atoms with Gasteiger partial charge in [0.15, 0.2) is 4.80 Å². The van der Waals surface area contributed by atoms with E-state index in [0.29, 0.717) is 16.1 Å². The summed E-state index contributed by atoms with van der Waals surface area (Å²) in [6, 6.07) is 9.18. The van der Waals surface area contributed by atoms with Crippen LogP contribution in [0.2, 0.25) is 0 Å². The molecule has 2 aromatic heterocycles. The van der Waals surface area contributed by atoms with Crippen LogP contribution in [0.5, 0.6) is 0 Å². The van der Waals surface area contributed by atoms with Gasteiger partial charge in [-0.1, -0.05) is 29.5 Å². The Bertz CT molecular complexity index is 1420. The van der Waals surface area contributed by atoms with E-state index >= 15 is 0 Å². The van der Waals surface area contributed by atoms with Crippen molar-refractivity contribution in [2.45, 2.75) is 13.0 Å². The molecular weight excluding hydrogens is 466 g/mol. The molecule has 33 heavy (non-hydrogen) atoms. The third-order valence-corrected chi connectivity index (χ3v) is 6.90. The van der Waals surface area contributed by atoms with E-state index in [1.165, 1.54) is 35.2 Å². The Kier molecular flexibility index (Phi) is 6.63. The van der Waals surface area contributed by atoms with Crippen molar-refractivity contribution in [3.8, 4) is 0 Å². The minimum absolute atomic E-state index is 0.0748. The highest BCUT2D eigenvalue weighted by Crippen LogP contribution is 2.33. The number of thiophene rings is 1. The fourth-order valence-corrected chi connectivity index (χ4v) is 5.37. The largest absolute Gasteiger partial charge is 0.460 e. The second kappa shape index (κ2) is 9.61. The van der Waals surface area contributed by atoms with Crippen LogP contribution in [0.3, 0.4) is 0 Å². The number of nitro groups is 1. The first-order chi connectivity index (χ1) is 15.9. The number of allylic oxidation sites excluding steroid dienone is 1. The zero-order valence-corrected chi connectivity index (χ0v) is 19.4. The molecule has 0 saturated heterocycles. The zero-order chi connectivity index (χ0) is 23.5. The average Bonchev–Trinajstić information content (AvgIpc) is 3.42. The topological polar surface area (TPSA) is 113 Å². The minimum atomic E-state index is -0.704. The summed E-state index contributed by atoms with van der Waals surface area (Å²) in [5.41, 5.74) is 0.560. The molecule has 0 fully saturated rings. The Labute approximate surface area is 195 Å². The van der Waals surface area contributed by atoms with E-state index in [2.05, 4.69) is 4.99 Å². The van der Waals surface area contributed by atoms with Gasteiger partial charge in [-0.2, -0.15) is 0 Å². The summed E-state index contributed by atoms with van der Waals surface area (Å²) in [6.45, 7) is 2.02. The molecule has 9 nitrogen and oxygen atoms in total. The van der Waals surface area contributed by atoms with Crippen LogP contribution in [-0.4, -0.2) is 35.8 Å². The number of para-hydroxylation sites is 1. The van der Waals surface area contributed by atoms with E-state index < -0.39 is 16.9 Å².